The fraction of sp³-hybridized carbons (Fsp3) is 0.625. The van der Waals surface area contributed by atoms with E-state index in [2.05, 4.69) is 17.2 Å². The van der Waals surface area contributed by atoms with Crippen molar-refractivity contribution in [3.05, 3.63) is 30.1 Å². The molecule has 1 rings (SSSR count). The highest BCUT2D eigenvalue weighted by atomic mass is 16.6. The van der Waals surface area contributed by atoms with Crippen LogP contribution < -0.4 is 5.32 Å². The van der Waals surface area contributed by atoms with Crippen molar-refractivity contribution in [1.29, 1.82) is 0 Å². The van der Waals surface area contributed by atoms with Crippen molar-refractivity contribution in [1.82, 2.24) is 15.2 Å². The Hall–Kier alpha value is -1.62. The van der Waals surface area contributed by atoms with Crippen LogP contribution in [0.25, 0.3) is 0 Å². The molecule has 1 aromatic heterocycles. The number of pyridine rings is 1. The standard InChI is InChI=1S/C16H27N3O2/c1-5-10-19(15(20)21-16(2,3)4)11-9-18-13-14-7-6-8-17-12-14/h6-8,12,18H,5,9-11,13H2,1-4H3. The summed E-state index contributed by atoms with van der Waals surface area (Å²) in [5.41, 5.74) is 0.684. The fourth-order valence-corrected chi connectivity index (χ4v) is 1.84. The first-order valence-electron chi connectivity index (χ1n) is 7.50. The van der Waals surface area contributed by atoms with E-state index in [0.717, 1.165) is 25.1 Å². The molecule has 1 N–H and O–H groups in total. The molecule has 0 saturated carbocycles. The van der Waals surface area contributed by atoms with Gasteiger partial charge >= 0.3 is 6.09 Å². The Morgan fingerprint density at radius 2 is 2.14 bits per heavy atom. The Morgan fingerprint density at radius 1 is 1.38 bits per heavy atom. The van der Waals surface area contributed by atoms with Crippen molar-refractivity contribution in [2.45, 2.75) is 46.3 Å². The molecule has 0 aliphatic heterocycles. The number of amides is 1. The van der Waals surface area contributed by atoms with E-state index in [0.29, 0.717) is 13.1 Å². The summed E-state index contributed by atoms with van der Waals surface area (Å²) in [5.74, 6) is 0. The van der Waals surface area contributed by atoms with Gasteiger partial charge in [0.25, 0.3) is 0 Å². The summed E-state index contributed by atoms with van der Waals surface area (Å²) in [6, 6.07) is 3.94. The molecule has 21 heavy (non-hydrogen) atoms. The van der Waals surface area contributed by atoms with Crippen molar-refractivity contribution in [2.24, 2.45) is 0 Å². The molecular formula is C16H27N3O2. The Bertz CT molecular complexity index is 415. The molecule has 0 saturated heterocycles. The number of carbonyl (C=O) groups is 1. The minimum absolute atomic E-state index is 0.243. The number of aromatic nitrogens is 1. The second-order valence-corrected chi connectivity index (χ2v) is 6.01. The lowest BCUT2D eigenvalue weighted by Crippen LogP contribution is -2.40. The minimum Gasteiger partial charge on any atom is -0.444 e. The maximum absolute atomic E-state index is 12.1. The SMILES string of the molecule is CCCN(CCNCc1cccnc1)C(=O)OC(C)(C)C. The van der Waals surface area contributed by atoms with Gasteiger partial charge in [-0.25, -0.2) is 4.79 Å². The molecule has 0 bridgehead atoms. The number of ether oxygens (including phenoxy) is 1. The first-order valence-corrected chi connectivity index (χ1v) is 7.50. The molecule has 0 radical (unpaired) electrons. The van der Waals surface area contributed by atoms with Crippen molar-refractivity contribution >= 4 is 6.09 Å². The highest BCUT2D eigenvalue weighted by molar-refractivity contribution is 5.68. The van der Waals surface area contributed by atoms with Crippen molar-refractivity contribution in [2.75, 3.05) is 19.6 Å². The summed E-state index contributed by atoms with van der Waals surface area (Å²) in [5, 5.41) is 3.32. The highest BCUT2D eigenvalue weighted by Crippen LogP contribution is 2.10. The Labute approximate surface area is 127 Å². The molecule has 118 valence electrons. The second kappa shape index (κ2) is 8.62. The first kappa shape index (κ1) is 17.4. The largest absolute Gasteiger partial charge is 0.444 e. The van der Waals surface area contributed by atoms with Crippen molar-refractivity contribution < 1.29 is 9.53 Å². The Balaban J connectivity index is 2.35. The average molecular weight is 293 g/mol. The van der Waals surface area contributed by atoms with Gasteiger partial charge in [-0.1, -0.05) is 13.0 Å². The summed E-state index contributed by atoms with van der Waals surface area (Å²) in [4.78, 5) is 17.9. The zero-order chi connectivity index (χ0) is 15.7. The van der Waals surface area contributed by atoms with E-state index >= 15 is 0 Å². The van der Waals surface area contributed by atoms with E-state index in [1.807, 2.05) is 39.1 Å². The molecule has 5 heteroatoms. The molecular weight excluding hydrogens is 266 g/mol. The molecule has 1 aromatic rings. The van der Waals surface area contributed by atoms with Crippen molar-refractivity contribution in [3.8, 4) is 0 Å². The van der Waals surface area contributed by atoms with E-state index in [4.69, 9.17) is 4.74 Å². The number of hydrogen-bond donors (Lipinski definition) is 1. The van der Waals surface area contributed by atoms with Crippen LogP contribution in [0.15, 0.2) is 24.5 Å². The molecule has 0 fully saturated rings. The van der Waals surface area contributed by atoms with Crippen molar-refractivity contribution in [3.63, 3.8) is 0 Å². The maximum Gasteiger partial charge on any atom is 0.410 e. The molecule has 1 amide bonds. The minimum atomic E-state index is -0.452. The summed E-state index contributed by atoms with van der Waals surface area (Å²) in [6.07, 6.45) is 4.27. The van der Waals surface area contributed by atoms with Crippen LogP contribution in [0.2, 0.25) is 0 Å². The molecule has 0 aliphatic rings. The lowest BCUT2D eigenvalue weighted by atomic mass is 10.2. The molecule has 1 heterocycles. The van der Waals surface area contributed by atoms with Crippen LogP contribution in [0.4, 0.5) is 4.79 Å². The average Bonchev–Trinajstić information content (AvgIpc) is 2.41. The summed E-state index contributed by atoms with van der Waals surface area (Å²) >= 11 is 0. The normalized spacial score (nSPS) is 11.2. The Morgan fingerprint density at radius 3 is 2.71 bits per heavy atom. The lowest BCUT2D eigenvalue weighted by molar-refractivity contribution is 0.0252. The molecule has 0 aromatic carbocycles. The van der Waals surface area contributed by atoms with E-state index in [-0.39, 0.29) is 6.09 Å². The fourth-order valence-electron chi connectivity index (χ4n) is 1.84. The second-order valence-electron chi connectivity index (χ2n) is 6.01. The number of nitrogens with one attached hydrogen (secondary N) is 1. The number of rotatable bonds is 7. The summed E-state index contributed by atoms with van der Waals surface area (Å²) in [7, 11) is 0. The van der Waals surface area contributed by atoms with E-state index < -0.39 is 5.60 Å². The molecule has 0 unspecified atom stereocenters. The molecule has 5 nitrogen and oxygen atoms in total. The summed E-state index contributed by atoms with van der Waals surface area (Å²) < 4.78 is 5.42. The van der Waals surface area contributed by atoms with Gasteiger partial charge < -0.3 is 15.0 Å². The van der Waals surface area contributed by atoms with Gasteiger partial charge in [0.2, 0.25) is 0 Å². The van der Waals surface area contributed by atoms with Gasteiger partial charge in [0.1, 0.15) is 5.60 Å². The van der Waals surface area contributed by atoms with Crippen LogP contribution >= 0.6 is 0 Å². The van der Waals surface area contributed by atoms with Gasteiger partial charge in [0.15, 0.2) is 0 Å². The van der Waals surface area contributed by atoms with Crippen LogP contribution in [-0.2, 0) is 11.3 Å². The lowest BCUT2D eigenvalue weighted by Gasteiger charge is -2.27. The van der Waals surface area contributed by atoms with Crippen LogP contribution in [0.3, 0.4) is 0 Å². The van der Waals surface area contributed by atoms with E-state index in [9.17, 15) is 4.79 Å². The van der Waals surface area contributed by atoms with E-state index in [1.165, 1.54) is 0 Å². The topological polar surface area (TPSA) is 54.5 Å². The van der Waals surface area contributed by atoms with Gasteiger partial charge in [0, 0.05) is 38.6 Å². The third kappa shape index (κ3) is 7.66. The predicted octanol–water partition coefficient (Wildman–Crippen LogP) is 2.82. The monoisotopic (exact) mass is 293 g/mol. The number of nitrogens with zero attached hydrogens (tertiary/aromatic N) is 2. The third-order valence-corrected chi connectivity index (χ3v) is 2.76. The number of hydrogen-bond acceptors (Lipinski definition) is 4. The zero-order valence-electron chi connectivity index (χ0n) is 13.6. The van der Waals surface area contributed by atoms with Gasteiger partial charge in [0.05, 0.1) is 0 Å². The van der Waals surface area contributed by atoms with Crippen LogP contribution in [0.1, 0.15) is 39.7 Å². The highest BCUT2D eigenvalue weighted by Gasteiger charge is 2.21. The third-order valence-electron chi connectivity index (χ3n) is 2.76. The first-order chi connectivity index (χ1) is 9.92. The molecule has 0 atom stereocenters. The smallest absolute Gasteiger partial charge is 0.410 e. The molecule has 0 spiro atoms. The quantitative estimate of drug-likeness (QED) is 0.785. The zero-order valence-corrected chi connectivity index (χ0v) is 13.6. The van der Waals surface area contributed by atoms with Crippen LogP contribution in [0.5, 0.6) is 0 Å². The van der Waals surface area contributed by atoms with Gasteiger partial charge in [-0.2, -0.15) is 0 Å². The van der Waals surface area contributed by atoms with Crippen LogP contribution in [0, 0.1) is 0 Å². The number of carbonyl (C=O) groups excluding carboxylic acids is 1. The summed E-state index contributed by atoms with van der Waals surface area (Å²) in [6.45, 7) is 10.5. The molecule has 0 aliphatic carbocycles. The van der Waals surface area contributed by atoms with Gasteiger partial charge in [-0.3, -0.25) is 4.98 Å². The van der Waals surface area contributed by atoms with Gasteiger partial charge in [-0.15, -0.1) is 0 Å². The van der Waals surface area contributed by atoms with E-state index in [1.54, 1.807) is 11.1 Å². The predicted molar refractivity (Wildman–Crippen MR) is 84.0 cm³/mol. The maximum atomic E-state index is 12.1. The van der Waals surface area contributed by atoms with Gasteiger partial charge in [-0.05, 0) is 38.8 Å². The van der Waals surface area contributed by atoms with Crippen LogP contribution in [-0.4, -0.2) is 41.2 Å². The Kier molecular flexibility index (Phi) is 7.15.